The van der Waals surface area contributed by atoms with Gasteiger partial charge in [-0.1, -0.05) is 19.8 Å². The first-order valence-electron chi connectivity index (χ1n) is 7.57. The molecule has 4 heteroatoms. The third-order valence-corrected chi connectivity index (χ3v) is 4.29. The summed E-state index contributed by atoms with van der Waals surface area (Å²) in [5.41, 5.74) is 6.57. The lowest BCUT2D eigenvalue weighted by molar-refractivity contribution is 0.135. The van der Waals surface area contributed by atoms with Gasteiger partial charge in [-0.15, -0.1) is 0 Å². The summed E-state index contributed by atoms with van der Waals surface area (Å²) in [5.74, 6) is -1.05. The van der Waals surface area contributed by atoms with Gasteiger partial charge in [-0.05, 0) is 43.5 Å². The minimum absolute atomic E-state index is 0.0942. The smallest absolute Gasteiger partial charge is 0.126 e. The van der Waals surface area contributed by atoms with Gasteiger partial charge in [0.1, 0.15) is 11.6 Å². The molecule has 0 aromatic heterocycles. The van der Waals surface area contributed by atoms with E-state index in [9.17, 15) is 8.78 Å². The van der Waals surface area contributed by atoms with Gasteiger partial charge < -0.3 is 5.73 Å². The molecule has 1 aromatic rings. The number of hydrogen-bond acceptors (Lipinski definition) is 2. The second-order valence-corrected chi connectivity index (χ2v) is 5.60. The number of nitrogens with two attached hydrogens (primary N) is 1. The van der Waals surface area contributed by atoms with Gasteiger partial charge in [0, 0.05) is 24.7 Å². The molecule has 2 atom stereocenters. The van der Waals surface area contributed by atoms with Crippen molar-refractivity contribution >= 4 is 0 Å². The van der Waals surface area contributed by atoms with Crippen LogP contribution >= 0.6 is 0 Å². The summed E-state index contributed by atoms with van der Waals surface area (Å²) in [7, 11) is 0. The summed E-state index contributed by atoms with van der Waals surface area (Å²) in [6.07, 6.45) is 5.77. The molecule has 112 valence electrons. The standard InChI is InChI=1S/C16H24F2N2/c1-2-15-6-4-3-5-7-20(15)16(11-19)12-8-13(17)10-14(18)9-12/h8-10,15-16H,2-7,11,19H2,1H3. The number of halogens is 2. The molecule has 2 unspecified atom stereocenters. The number of likely N-dealkylation sites (tertiary alicyclic amines) is 1. The van der Waals surface area contributed by atoms with E-state index in [1.165, 1.54) is 25.0 Å². The van der Waals surface area contributed by atoms with Gasteiger partial charge in [-0.3, -0.25) is 4.90 Å². The lowest BCUT2D eigenvalue weighted by Crippen LogP contribution is -2.41. The Bertz CT molecular complexity index is 416. The molecule has 2 N–H and O–H groups in total. The third kappa shape index (κ3) is 3.55. The highest BCUT2D eigenvalue weighted by Crippen LogP contribution is 2.29. The summed E-state index contributed by atoms with van der Waals surface area (Å²) in [6, 6.07) is 4.10. The van der Waals surface area contributed by atoms with Gasteiger partial charge in [0.05, 0.1) is 0 Å². The molecule has 1 aliphatic rings. The van der Waals surface area contributed by atoms with Gasteiger partial charge in [-0.2, -0.15) is 0 Å². The molecule has 1 aliphatic heterocycles. The molecule has 0 saturated carbocycles. The maximum Gasteiger partial charge on any atom is 0.126 e. The quantitative estimate of drug-likeness (QED) is 0.914. The van der Waals surface area contributed by atoms with Crippen LogP contribution in [0.2, 0.25) is 0 Å². The average Bonchev–Trinajstić information content (AvgIpc) is 2.64. The first-order valence-corrected chi connectivity index (χ1v) is 7.57. The molecule has 0 radical (unpaired) electrons. The van der Waals surface area contributed by atoms with Crippen LogP contribution in [-0.4, -0.2) is 24.0 Å². The Morgan fingerprint density at radius 3 is 2.50 bits per heavy atom. The second-order valence-electron chi connectivity index (χ2n) is 5.60. The monoisotopic (exact) mass is 282 g/mol. The van der Waals surface area contributed by atoms with Gasteiger partial charge in [0.2, 0.25) is 0 Å². The van der Waals surface area contributed by atoms with Crippen molar-refractivity contribution in [1.82, 2.24) is 4.90 Å². The van der Waals surface area contributed by atoms with E-state index in [4.69, 9.17) is 5.73 Å². The van der Waals surface area contributed by atoms with Crippen LogP contribution in [0.15, 0.2) is 18.2 Å². The molecule has 1 heterocycles. The predicted octanol–water partition coefficient (Wildman–Crippen LogP) is 3.62. The van der Waals surface area contributed by atoms with Gasteiger partial charge in [0.25, 0.3) is 0 Å². The Balaban J connectivity index is 2.28. The summed E-state index contributed by atoms with van der Waals surface area (Å²) in [6.45, 7) is 3.51. The molecule has 0 bridgehead atoms. The largest absolute Gasteiger partial charge is 0.329 e. The summed E-state index contributed by atoms with van der Waals surface area (Å²) in [4.78, 5) is 2.35. The molecular formula is C16H24F2N2. The molecule has 0 amide bonds. The minimum Gasteiger partial charge on any atom is -0.329 e. The van der Waals surface area contributed by atoms with Crippen LogP contribution in [0.5, 0.6) is 0 Å². The SMILES string of the molecule is CCC1CCCCCN1C(CN)c1cc(F)cc(F)c1. The van der Waals surface area contributed by atoms with Crippen molar-refractivity contribution in [2.24, 2.45) is 5.73 Å². The number of rotatable bonds is 4. The Morgan fingerprint density at radius 1 is 1.20 bits per heavy atom. The predicted molar refractivity (Wildman–Crippen MR) is 77.4 cm³/mol. The molecule has 2 nitrogen and oxygen atoms in total. The van der Waals surface area contributed by atoms with Crippen molar-refractivity contribution in [3.8, 4) is 0 Å². The number of hydrogen-bond donors (Lipinski definition) is 1. The molecule has 1 fully saturated rings. The Labute approximate surface area is 120 Å². The van der Waals surface area contributed by atoms with E-state index in [-0.39, 0.29) is 6.04 Å². The Morgan fingerprint density at radius 2 is 1.90 bits per heavy atom. The summed E-state index contributed by atoms with van der Waals surface area (Å²) < 4.78 is 26.9. The van der Waals surface area contributed by atoms with Crippen molar-refractivity contribution in [2.75, 3.05) is 13.1 Å². The first kappa shape index (κ1) is 15.4. The maximum absolute atomic E-state index is 13.5. The van der Waals surface area contributed by atoms with E-state index < -0.39 is 11.6 Å². The number of benzene rings is 1. The lowest BCUT2D eigenvalue weighted by atomic mass is 10.0. The Kier molecular flexibility index (Phi) is 5.49. The zero-order valence-electron chi connectivity index (χ0n) is 12.1. The van der Waals surface area contributed by atoms with Crippen molar-refractivity contribution in [3.63, 3.8) is 0 Å². The van der Waals surface area contributed by atoms with Crippen LogP contribution < -0.4 is 5.73 Å². The maximum atomic E-state index is 13.5. The molecule has 1 saturated heterocycles. The van der Waals surface area contributed by atoms with E-state index in [0.29, 0.717) is 18.2 Å². The van der Waals surface area contributed by atoms with E-state index in [1.54, 1.807) is 0 Å². The lowest BCUT2D eigenvalue weighted by Gasteiger charge is -2.36. The highest BCUT2D eigenvalue weighted by molar-refractivity contribution is 5.22. The van der Waals surface area contributed by atoms with Crippen molar-refractivity contribution in [3.05, 3.63) is 35.4 Å². The van der Waals surface area contributed by atoms with Gasteiger partial charge in [-0.25, -0.2) is 8.78 Å². The first-order chi connectivity index (χ1) is 9.65. The van der Waals surface area contributed by atoms with Gasteiger partial charge >= 0.3 is 0 Å². The molecule has 20 heavy (non-hydrogen) atoms. The fourth-order valence-corrected chi connectivity index (χ4v) is 3.28. The fraction of sp³-hybridized carbons (Fsp3) is 0.625. The third-order valence-electron chi connectivity index (χ3n) is 4.29. The van der Waals surface area contributed by atoms with Crippen LogP contribution in [0.4, 0.5) is 8.78 Å². The van der Waals surface area contributed by atoms with Crippen molar-refractivity contribution in [1.29, 1.82) is 0 Å². The second kappa shape index (κ2) is 7.14. The van der Waals surface area contributed by atoms with Crippen LogP contribution in [0.1, 0.15) is 50.6 Å². The number of nitrogens with zero attached hydrogens (tertiary/aromatic N) is 1. The molecule has 0 spiro atoms. The van der Waals surface area contributed by atoms with Crippen molar-refractivity contribution in [2.45, 2.75) is 51.1 Å². The summed E-state index contributed by atoms with van der Waals surface area (Å²) in [5, 5.41) is 0. The van der Waals surface area contributed by atoms with Gasteiger partial charge in [0.15, 0.2) is 0 Å². The van der Waals surface area contributed by atoms with E-state index in [2.05, 4.69) is 11.8 Å². The fourth-order valence-electron chi connectivity index (χ4n) is 3.28. The van der Waals surface area contributed by atoms with E-state index in [1.807, 2.05) is 0 Å². The van der Waals surface area contributed by atoms with Crippen LogP contribution in [0.3, 0.4) is 0 Å². The zero-order valence-corrected chi connectivity index (χ0v) is 12.1. The van der Waals surface area contributed by atoms with Crippen LogP contribution in [0.25, 0.3) is 0 Å². The normalized spacial score (nSPS) is 22.5. The highest BCUT2D eigenvalue weighted by atomic mass is 19.1. The average molecular weight is 282 g/mol. The topological polar surface area (TPSA) is 29.3 Å². The summed E-state index contributed by atoms with van der Waals surface area (Å²) >= 11 is 0. The minimum atomic E-state index is -0.527. The zero-order chi connectivity index (χ0) is 14.5. The highest BCUT2D eigenvalue weighted by Gasteiger charge is 2.27. The van der Waals surface area contributed by atoms with Crippen LogP contribution in [-0.2, 0) is 0 Å². The van der Waals surface area contributed by atoms with Crippen LogP contribution in [0, 0.1) is 11.6 Å². The molecule has 2 rings (SSSR count). The molecule has 0 aliphatic carbocycles. The van der Waals surface area contributed by atoms with Crippen molar-refractivity contribution < 1.29 is 8.78 Å². The molecular weight excluding hydrogens is 258 g/mol. The Hall–Kier alpha value is -1.00. The van der Waals surface area contributed by atoms with E-state index >= 15 is 0 Å². The van der Waals surface area contributed by atoms with E-state index in [0.717, 1.165) is 31.9 Å². The molecule has 1 aromatic carbocycles.